The Morgan fingerprint density at radius 2 is 1.94 bits per heavy atom. The molecule has 0 aliphatic heterocycles. The van der Waals surface area contributed by atoms with Crippen LogP contribution >= 0.6 is 0 Å². The highest BCUT2D eigenvalue weighted by molar-refractivity contribution is 5.48. The fourth-order valence-electron chi connectivity index (χ4n) is 1.65. The van der Waals surface area contributed by atoms with Gasteiger partial charge in [-0.15, -0.1) is 0 Å². The lowest BCUT2D eigenvalue weighted by Gasteiger charge is -2.08. The third-order valence-corrected chi connectivity index (χ3v) is 2.63. The maximum Gasteiger partial charge on any atom is 0.237 e. The highest BCUT2D eigenvalue weighted by Crippen LogP contribution is 2.18. The summed E-state index contributed by atoms with van der Waals surface area (Å²) >= 11 is 0. The molecule has 0 amide bonds. The summed E-state index contributed by atoms with van der Waals surface area (Å²) in [5, 5.41) is 0. The Kier molecular flexibility index (Phi) is 4.12. The van der Waals surface area contributed by atoms with Gasteiger partial charge in [0.25, 0.3) is 0 Å². The van der Waals surface area contributed by atoms with Crippen LogP contribution in [0.1, 0.15) is 17.7 Å². The average Bonchev–Trinajstić information content (AvgIpc) is 2.40. The maximum absolute atomic E-state index is 5.79. The van der Waals surface area contributed by atoms with E-state index in [9.17, 15) is 0 Å². The third-order valence-electron chi connectivity index (χ3n) is 2.63. The van der Waals surface area contributed by atoms with Crippen LogP contribution < -0.4 is 10.5 Å². The van der Waals surface area contributed by atoms with E-state index in [1.165, 1.54) is 5.56 Å². The van der Waals surface area contributed by atoms with Crippen LogP contribution in [0.4, 0.5) is 5.69 Å². The van der Waals surface area contributed by atoms with Crippen molar-refractivity contribution in [2.75, 3.05) is 12.3 Å². The second kappa shape index (κ2) is 6.00. The van der Waals surface area contributed by atoms with Crippen molar-refractivity contribution in [3.05, 3.63) is 47.9 Å². The summed E-state index contributed by atoms with van der Waals surface area (Å²) in [5.41, 5.74) is 8.55. The van der Waals surface area contributed by atoms with Crippen LogP contribution in [0.25, 0.3) is 0 Å². The molecule has 2 heterocycles. The number of anilines is 1. The molecule has 2 N–H and O–H groups in total. The van der Waals surface area contributed by atoms with E-state index in [0.717, 1.165) is 18.5 Å². The number of hydrogen-bond acceptors (Lipinski definition) is 4. The largest absolute Gasteiger partial charge is 0.476 e. The van der Waals surface area contributed by atoms with Crippen LogP contribution in [0.5, 0.6) is 5.88 Å². The molecule has 2 aromatic rings. The molecule has 0 fully saturated rings. The molecule has 0 unspecified atom stereocenters. The number of pyridine rings is 2. The molecule has 0 aliphatic rings. The first-order chi connectivity index (χ1) is 8.75. The molecule has 94 valence electrons. The lowest BCUT2D eigenvalue weighted by atomic mass is 10.1. The summed E-state index contributed by atoms with van der Waals surface area (Å²) in [6.45, 7) is 2.53. The first-order valence-electron chi connectivity index (χ1n) is 6.00. The molecule has 0 spiro atoms. The van der Waals surface area contributed by atoms with Gasteiger partial charge in [-0.2, -0.15) is 0 Å². The smallest absolute Gasteiger partial charge is 0.237 e. The summed E-state index contributed by atoms with van der Waals surface area (Å²) in [6, 6.07) is 7.72. The number of ether oxygens (including phenoxy) is 1. The fourth-order valence-corrected chi connectivity index (χ4v) is 1.65. The molecule has 4 nitrogen and oxygen atoms in total. The number of nitrogens with zero attached hydrogens (tertiary/aromatic N) is 2. The standard InChI is InChI=1S/C14H17N3O/c1-11-4-5-13(15)14(17-11)18-10-2-3-12-6-8-16-9-7-12/h4-9H,2-3,10,15H2,1H3. The molecule has 0 saturated carbocycles. The Hall–Kier alpha value is -2.10. The Morgan fingerprint density at radius 3 is 2.72 bits per heavy atom. The van der Waals surface area contributed by atoms with Crippen LogP contribution in [-0.2, 0) is 6.42 Å². The van der Waals surface area contributed by atoms with E-state index in [0.29, 0.717) is 18.2 Å². The number of aryl methyl sites for hydroxylation is 2. The van der Waals surface area contributed by atoms with Crippen molar-refractivity contribution in [1.29, 1.82) is 0 Å². The van der Waals surface area contributed by atoms with Gasteiger partial charge in [0.05, 0.1) is 12.3 Å². The molecular formula is C14H17N3O. The minimum atomic E-state index is 0.532. The highest BCUT2D eigenvalue weighted by Gasteiger charge is 2.02. The third kappa shape index (κ3) is 3.45. The van der Waals surface area contributed by atoms with Crippen LogP contribution in [0.3, 0.4) is 0 Å². The van der Waals surface area contributed by atoms with Gasteiger partial charge in [-0.05, 0) is 49.6 Å². The Morgan fingerprint density at radius 1 is 1.17 bits per heavy atom. The predicted octanol–water partition coefficient (Wildman–Crippen LogP) is 2.38. The van der Waals surface area contributed by atoms with Gasteiger partial charge in [0.15, 0.2) is 0 Å². The molecule has 0 aromatic carbocycles. The topological polar surface area (TPSA) is 61.0 Å². The summed E-state index contributed by atoms with van der Waals surface area (Å²) < 4.78 is 5.59. The van der Waals surface area contributed by atoms with Crippen molar-refractivity contribution in [1.82, 2.24) is 9.97 Å². The number of hydrogen-bond donors (Lipinski definition) is 1. The Balaban J connectivity index is 1.80. The predicted molar refractivity (Wildman–Crippen MR) is 71.4 cm³/mol. The van der Waals surface area contributed by atoms with Gasteiger partial charge >= 0.3 is 0 Å². The van der Waals surface area contributed by atoms with Gasteiger partial charge in [0.2, 0.25) is 5.88 Å². The second-order valence-corrected chi connectivity index (χ2v) is 4.15. The second-order valence-electron chi connectivity index (χ2n) is 4.15. The molecule has 0 radical (unpaired) electrons. The van der Waals surface area contributed by atoms with Crippen molar-refractivity contribution < 1.29 is 4.74 Å². The van der Waals surface area contributed by atoms with Gasteiger partial charge in [0, 0.05) is 18.1 Å². The van der Waals surface area contributed by atoms with Crippen molar-refractivity contribution in [3.63, 3.8) is 0 Å². The normalized spacial score (nSPS) is 10.3. The zero-order valence-electron chi connectivity index (χ0n) is 10.5. The first kappa shape index (κ1) is 12.4. The zero-order valence-corrected chi connectivity index (χ0v) is 10.5. The maximum atomic E-state index is 5.79. The molecule has 2 rings (SSSR count). The van der Waals surface area contributed by atoms with Crippen LogP contribution in [-0.4, -0.2) is 16.6 Å². The number of rotatable bonds is 5. The van der Waals surface area contributed by atoms with E-state index >= 15 is 0 Å². The van der Waals surface area contributed by atoms with Gasteiger partial charge in [-0.3, -0.25) is 4.98 Å². The minimum absolute atomic E-state index is 0.532. The van der Waals surface area contributed by atoms with E-state index in [1.807, 2.05) is 31.2 Å². The fraction of sp³-hybridized carbons (Fsp3) is 0.286. The van der Waals surface area contributed by atoms with E-state index in [2.05, 4.69) is 9.97 Å². The number of nitrogens with two attached hydrogens (primary N) is 1. The molecule has 0 saturated heterocycles. The summed E-state index contributed by atoms with van der Waals surface area (Å²) in [6.07, 6.45) is 5.50. The van der Waals surface area contributed by atoms with Crippen LogP contribution in [0.2, 0.25) is 0 Å². The number of nitrogen functional groups attached to an aromatic ring is 1. The van der Waals surface area contributed by atoms with Crippen LogP contribution in [0, 0.1) is 6.92 Å². The molecular weight excluding hydrogens is 226 g/mol. The lowest BCUT2D eigenvalue weighted by molar-refractivity contribution is 0.300. The molecule has 0 bridgehead atoms. The molecule has 0 atom stereocenters. The lowest BCUT2D eigenvalue weighted by Crippen LogP contribution is -2.04. The molecule has 2 aromatic heterocycles. The van der Waals surface area contributed by atoms with E-state index in [-0.39, 0.29) is 0 Å². The van der Waals surface area contributed by atoms with Crippen molar-refractivity contribution in [2.45, 2.75) is 19.8 Å². The van der Waals surface area contributed by atoms with Gasteiger partial charge in [-0.1, -0.05) is 0 Å². The molecule has 0 aliphatic carbocycles. The molecule has 18 heavy (non-hydrogen) atoms. The van der Waals surface area contributed by atoms with Gasteiger partial charge < -0.3 is 10.5 Å². The zero-order chi connectivity index (χ0) is 12.8. The Labute approximate surface area is 107 Å². The first-order valence-corrected chi connectivity index (χ1v) is 6.00. The van der Waals surface area contributed by atoms with Crippen molar-refractivity contribution in [2.24, 2.45) is 0 Å². The molecule has 4 heteroatoms. The summed E-state index contributed by atoms with van der Waals surface area (Å²) in [7, 11) is 0. The van der Waals surface area contributed by atoms with Gasteiger partial charge in [-0.25, -0.2) is 4.98 Å². The summed E-state index contributed by atoms with van der Waals surface area (Å²) in [4.78, 5) is 8.24. The van der Waals surface area contributed by atoms with Gasteiger partial charge in [0.1, 0.15) is 0 Å². The Bertz CT molecular complexity index is 500. The summed E-state index contributed by atoms with van der Waals surface area (Å²) in [5.74, 6) is 0.532. The quantitative estimate of drug-likeness (QED) is 0.819. The van der Waals surface area contributed by atoms with Crippen LogP contribution in [0.15, 0.2) is 36.7 Å². The SMILES string of the molecule is Cc1ccc(N)c(OCCCc2ccncc2)n1. The number of aromatic nitrogens is 2. The minimum Gasteiger partial charge on any atom is -0.476 e. The monoisotopic (exact) mass is 243 g/mol. The highest BCUT2D eigenvalue weighted by atomic mass is 16.5. The average molecular weight is 243 g/mol. The van der Waals surface area contributed by atoms with E-state index in [4.69, 9.17) is 10.5 Å². The van der Waals surface area contributed by atoms with Crippen molar-refractivity contribution in [3.8, 4) is 5.88 Å². The van der Waals surface area contributed by atoms with E-state index in [1.54, 1.807) is 12.4 Å². The van der Waals surface area contributed by atoms with Crippen molar-refractivity contribution >= 4 is 5.69 Å². The van der Waals surface area contributed by atoms with E-state index < -0.39 is 0 Å².